The number of rotatable bonds is 3. The van der Waals surface area contributed by atoms with Gasteiger partial charge < -0.3 is 5.11 Å². The number of hydrogen-bond donors (Lipinski definition) is 1. The van der Waals surface area contributed by atoms with Gasteiger partial charge in [-0.3, -0.25) is 0 Å². The van der Waals surface area contributed by atoms with Gasteiger partial charge in [-0.1, -0.05) is 5.21 Å². The molecule has 1 heterocycles. The molecule has 0 radical (unpaired) electrons. The van der Waals surface area contributed by atoms with E-state index in [0.29, 0.717) is 0 Å². The Balaban J connectivity index is 3.16. The Morgan fingerprint density at radius 3 is 2.38 bits per heavy atom. The van der Waals surface area contributed by atoms with Crippen LogP contribution < -0.4 is 0 Å². The van der Waals surface area contributed by atoms with E-state index in [4.69, 9.17) is 5.11 Å². The molecule has 0 aromatic carbocycles. The zero-order valence-electron chi connectivity index (χ0n) is 7.37. The standard InChI is InChI=1S/C6H4F5N3O2/c7-4(8)3-2(5(15)16)12-13-14(3)1-6(9,10)11/h4H,1H2,(H,15,16). The Morgan fingerprint density at radius 2 is 2.00 bits per heavy atom. The van der Waals surface area contributed by atoms with Gasteiger partial charge in [0.2, 0.25) is 0 Å². The zero-order chi connectivity index (χ0) is 12.5. The summed E-state index contributed by atoms with van der Waals surface area (Å²) in [6.45, 7) is -1.81. The van der Waals surface area contributed by atoms with Gasteiger partial charge in [0, 0.05) is 0 Å². The lowest BCUT2D eigenvalue weighted by molar-refractivity contribution is -0.144. The molecule has 1 aromatic rings. The molecule has 10 heteroatoms. The normalized spacial score (nSPS) is 12.1. The fourth-order valence-electron chi connectivity index (χ4n) is 0.975. The van der Waals surface area contributed by atoms with E-state index in [1.165, 1.54) is 0 Å². The van der Waals surface area contributed by atoms with Crippen molar-refractivity contribution in [3.05, 3.63) is 11.4 Å². The largest absolute Gasteiger partial charge is 0.476 e. The number of aromatic carboxylic acids is 1. The lowest BCUT2D eigenvalue weighted by Gasteiger charge is -2.08. The summed E-state index contributed by atoms with van der Waals surface area (Å²) < 4.78 is 60.2. The molecule has 90 valence electrons. The van der Waals surface area contributed by atoms with Gasteiger partial charge in [-0.05, 0) is 0 Å². The quantitative estimate of drug-likeness (QED) is 0.819. The molecule has 1 aromatic heterocycles. The highest BCUT2D eigenvalue weighted by molar-refractivity contribution is 5.86. The minimum atomic E-state index is -4.78. The number of halogens is 5. The van der Waals surface area contributed by atoms with E-state index >= 15 is 0 Å². The Labute approximate surface area is 84.5 Å². The zero-order valence-corrected chi connectivity index (χ0v) is 7.37. The molecule has 0 saturated heterocycles. The van der Waals surface area contributed by atoms with Gasteiger partial charge in [0.1, 0.15) is 12.2 Å². The fourth-order valence-corrected chi connectivity index (χ4v) is 0.975. The van der Waals surface area contributed by atoms with Crippen LogP contribution in [0.4, 0.5) is 22.0 Å². The van der Waals surface area contributed by atoms with Crippen molar-refractivity contribution in [2.24, 2.45) is 0 Å². The highest BCUT2D eigenvalue weighted by Gasteiger charge is 2.34. The number of carboxylic acids is 1. The van der Waals surface area contributed by atoms with Crippen LogP contribution in [0.5, 0.6) is 0 Å². The van der Waals surface area contributed by atoms with Crippen LogP contribution in [0, 0.1) is 0 Å². The van der Waals surface area contributed by atoms with Gasteiger partial charge in [-0.15, -0.1) is 5.10 Å². The Hall–Kier alpha value is -1.74. The molecule has 0 amide bonds. The van der Waals surface area contributed by atoms with Gasteiger partial charge in [0.05, 0.1) is 0 Å². The summed E-state index contributed by atoms with van der Waals surface area (Å²) in [5.41, 5.74) is -2.54. The molecule has 0 saturated carbocycles. The molecule has 0 aliphatic heterocycles. The fraction of sp³-hybridized carbons (Fsp3) is 0.500. The van der Waals surface area contributed by atoms with Crippen molar-refractivity contribution in [3.63, 3.8) is 0 Å². The van der Waals surface area contributed by atoms with Crippen molar-refractivity contribution >= 4 is 5.97 Å². The van der Waals surface area contributed by atoms with E-state index in [1.54, 1.807) is 0 Å². The lowest BCUT2D eigenvalue weighted by atomic mass is 10.3. The van der Waals surface area contributed by atoms with Gasteiger partial charge >= 0.3 is 12.1 Å². The number of alkyl halides is 5. The molecule has 0 bridgehead atoms. The SMILES string of the molecule is O=C(O)c1nnn(CC(F)(F)F)c1C(F)F. The van der Waals surface area contributed by atoms with Crippen molar-refractivity contribution in [1.82, 2.24) is 15.0 Å². The monoisotopic (exact) mass is 245 g/mol. The first-order valence-corrected chi connectivity index (χ1v) is 3.74. The third-order valence-corrected chi connectivity index (χ3v) is 1.51. The third kappa shape index (κ3) is 2.64. The number of carboxylic acid groups (broad SMARTS) is 1. The lowest BCUT2D eigenvalue weighted by Crippen LogP contribution is -2.21. The van der Waals surface area contributed by atoms with E-state index in [9.17, 15) is 26.7 Å². The summed E-state index contributed by atoms with van der Waals surface area (Å²) in [6, 6.07) is 0. The van der Waals surface area contributed by atoms with E-state index in [-0.39, 0.29) is 4.68 Å². The van der Waals surface area contributed by atoms with Crippen molar-refractivity contribution in [2.75, 3.05) is 0 Å². The van der Waals surface area contributed by atoms with Gasteiger partial charge in [-0.2, -0.15) is 13.2 Å². The second-order valence-electron chi connectivity index (χ2n) is 2.70. The first kappa shape index (κ1) is 12.3. The molecular formula is C6H4F5N3O2. The molecule has 5 nitrogen and oxygen atoms in total. The number of nitrogens with zero attached hydrogens (tertiary/aromatic N) is 3. The van der Waals surface area contributed by atoms with Crippen molar-refractivity contribution in [2.45, 2.75) is 19.1 Å². The summed E-state index contributed by atoms with van der Waals surface area (Å²) in [4.78, 5) is 10.4. The first-order valence-electron chi connectivity index (χ1n) is 3.74. The molecule has 1 N–H and O–H groups in total. The van der Waals surface area contributed by atoms with Crippen LogP contribution in [0.25, 0.3) is 0 Å². The molecule has 0 fully saturated rings. The molecule has 1 rings (SSSR count). The summed E-state index contributed by atoms with van der Waals surface area (Å²) in [5.74, 6) is -1.86. The summed E-state index contributed by atoms with van der Waals surface area (Å²) in [5, 5.41) is 13.9. The van der Waals surface area contributed by atoms with Crippen molar-refractivity contribution in [1.29, 1.82) is 0 Å². The van der Waals surface area contributed by atoms with Crippen LogP contribution in [-0.4, -0.2) is 32.2 Å². The molecule has 0 aliphatic rings. The third-order valence-electron chi connectivity index (χ3n) is 1.51. The van der Waals surface area contributed by atoms with Gasteiger partial charge in [0.25, 0.3) is 6.43 Å². The average molecular weight is 245 g/mol. The van der Waals surface area contributed by atoms with E-state index < -0.39 is 36.5 Å². The van der Waals surface area contributed by atoms with Crippen LogP contribution in [0.2, 0.25) is 0 Å². The first-order chi connectivity index (χ1) is 7.22. The maximum absolute atomic E-state index is 12.3. The number of hydrogen-bond acceptors (Lipinski definition) is 3. The highest BCUT2D eigenvalue weighted by Crippen LogP contribution is 2.25. The molecule has 0 unspecified atom stereocenters. The van der Waals surface area contributed by atoms with Crippen LogP contribution in [0.1, 0.15) is 22.6 Å². The molecular weight excluding hydrogens is 241 g/mol. The molecule has 16 heavy (non-hydrogen) atoms. The maximum atomic E-state index is 12.3. The summed E-state index contributed by atoms with van der Waals surface area (Å²) >= 11 is 0. The minimum Gasteiger partial charge on any atom is -0.476 e. The second-order valence-corrected chi connectivity index (χ2v) is 2.70. The molecule has 0 atom stereocenters. The average Bonchev–Trinajstić information content (AvgIpc) is 2.44. The predicted molar refractivity (Wildman–Crippen MR) is 38.0 cm³/mol. The van der Waals surface area contributed by atoms with Crippen LogP contribution in [0.15, 0.2) is 0 Å². The molecule has 0 spiro atoms. The van der Waals surface area contributed by atoms with Crippen molar-refractivity contribution in [3.8, 4) is 0 Å². The Morgan fingerprint density at radius 1 is 1.44 bits per heavy atom. The van der Waals surface area contributed by atoms with Crippen LogP contribution >= 0.6 is 0 Å². The van der Waals surface area contributed by atoms with Crippen molar-refractivity contribution < 1.29 is 31.9 Å². The Bertz CT molecular complexity index is 399. The second kappa shape index (κ2) is 4.02. The van der Waals surface area contributed by atoms with Crippen LogP contribution in [0.3, 0.4) is 0 Å². The maximum Gasteiger partial charge on any atom is 0.408 e. The highest BCUT2D eigenvalue weighted by atomic mass is 19.4. The van der Waals surface area contributed by atoms with E-state index in [2.05, 4.69) is 10.3 Å². The summed E-state index contributed by atoms with van der Waals surface area (Å²) in [6.07, 6.45) is -8.18. The van der Waals surface area contributed by atoms with Gasteiger partial charge in [-0.25, -0.2) is 18.3 Å². The van der Waals surface area contributed by atoms with E-state index in [1.807, 2.05) is 0 Å². The number of aromatic nitrogens is 3. The minimum absolute atomic E-state index is 0.173. The smallest absolute Gasteiger partial charge is 0.408 e. The Kier molecular flexibility index (Phi) is 3.10. The molecule has 0 aliphatic carbocycles. The van der Waals surface area contributed by atoms with Gasteiger partial charge in [0.15, 0.2) is 5.69 Å². The summed E-state index contributed by atoms with van der Waals surface area (Å²) in [7, 11) is 0. The topological polar surface area (TPSA) is 68.0 Å². The predicted octanol–water partition coefficient (Wildman–Crippen LogP) is 1.48. The number of carbonyl (C=O) groups is 1. The van der Waals surface area contributed by atoms with Crippen LogP contribution in [-0.2, 0) is 6.54 Å². The van der Waals surface area contributed by atoms with E-state index in [0.717, 1.165) is 0 Å².